The molecule has 3 nitrogen and oxygen atoms in total. The number of rotatable bonds is 4. The van der Waals surface area contributed by atoms with Gasteiger partial charge in [-0.1, -0.05) is 30.3 Å². The van der Waals surface area contributed by atoms with Gasteiger partial charge < -0.3 is 5.32 Å². The minimum absolute atomic E-state index is 0.0708. The molecule has 0 amide bonds. The number of nitrogens with zero attached hydrogens (tertiary/aromatic N) is 2. The Kier molecular flexibility index (Phi) is 3.71. The molecule has 0 radical (unpaired) electrons. The molecule has 21 heavy (non-hydrogen) atoms. The average molecular weight is 283 g/mol. The van der Waals surface area contributed by atoms with Crippen molar-refractivity contribution in [1.82, 2.24) is 15.1 Å². The Labute approximate surface area is 123 Å². The Morgan fingerprint density at radius 2 is 2.00 bits per heavy atom. The van der Waals surface area contributed by atoms with E-state index in [1.165, 1.54) is 6.07 Å². The van der Waals surface area contributed by atoms with Gasteiger partial charge in [-0.25, -0.2) is 4.39 Å². The summed E-state index contributed by atoms with van der Waals surface area (Å²) in [5, 5.41) is 9.11. The topological polar surface area (TPSA) is 29.9 Å². The number of nitrogens with one attached hydrogen (secondary N) is 1. The lowest BCUT2D eigenvalue weighted by molar-refractivity contribution is 0.556. The lowest BCUT2D eigenvalue weighted by Crippen LogP contribution is -2.18. The van der Waals surface area contributed by atoms with Crippen LogP contribution in [0.25, 0.3) is 10.9 Å². The molecular weight excluding hydrogens is 265 g/mol. The number of aromatic nitrogens is 2. The van der Waals surface area contributed by atoms with E-state index in [1.54, 1.807) is 12.1 Å². The molecule has 0 spiro atoms. The van der Waals surface area contributed by atoms with E-state index in [9.17, 15) is 4.39 Å². The van der Waals surface area contributed by atoms with Crippen LogP contribution in [0.1, 0.15) is 24.2 Å². The first-order valence-electron chi connectivity index (χ1n) is 7.04. The summed E-state index contributed by atoms with van der Waals surface area (Å²) in [7, 11) is 1.95. The fourth-order valence-corrected chi connectivity index (χ4v) is 2.56. The number of halogens is 1. The van der Waals surface area contributed by atoms with Crippen molar-refractivity contribution in [2.24, 2.45) is 7.05 Å². The molecule has 0 fully saturated rings. The van der Waals surface area contributed by atoms with Crippen molar-refractivity contribution in [3.63, 3.8) is 0 Å². The minimum atomic E-state index is -0.204. The van der Waals surface area contributed by atoms with Gasteiger partial charge in [0.1, 0.15) is 5.82 Å². The maximum absolute atomic E-state index is 13.3. The van der Waals surface area contributed by atoms with Crippen LogP contribution in [0.2, 0.25) is 0 Å². The van der Waals surface area contributed by atoms with E-state index in [1.807, 2.05) is 36.9 Å². The fraction of sp³-hybridized carbons (Fsp3) is 0.235. The summed E-state index contributed by atoms with van der Waals surface area (Å²) in [6, 6.07) is 14.9. The standard InChI is InChI=1S/C17H18FN3/c1-12(13-6-5-7-14(18)10-13)19-11-16-15-8-3-4-9-17(15)21(2)20-16/h3-10,12,19H,11H2,1-2H3/t12-/m1/s1. The normalized spacial score (nSPS) is 12.7. The molecule has 0 saturated carbocycles. The molecule has 0 aliphatic rings. The average Bonchev–Trinajstić information content (AvgIpc) is 2.82. The number of hydrogen-bond donors (Lipinski definition) is 1. The molecule has 3 aromatic rings. The summed E-state index contributed by atoms with van der Waals surface area (Å²) in [6.45, 7) is 2.68. The molecule has 1 N–H and O–H groups in total. The highest BCUT2D eigenvalue weighted by Crippen LogP contribution is 2.19. The largest absolute Gasteiger partial charge is 0.304 e. The summed E-state index contributed by atoms with van der Waals surface area (Å²) in [5.74, 6) is -0.204. The van der Waals surface area contributed by atoms with Crippen LogP contribution >= 0.6 is 0 Å². The van der Waals surface area contributed by atoms with Gasteiger partial charge >= 0.3 is 0 Å². The summed E-state index contributed by atoms with van der Waals surface area (Å²) < 4.78 is 15.1. The number of para-hydroxylation sites is 1. The van der Waals surface area contributed by atoms with Crippen LogP contribution in [0.15, 0.2) is 48.5 Å². The summed E-state index contributed by atoms with van der Waals surface area (Å²) in [5.41, 5.74) is 3.07. The Morgan fingerprint density at radius 3 is 2.81 bits per heavy atom. The molecule has 0 aliphatic carbocycles. The molecule has 2 aromatic carbocycles. The van der Waals surface area contributed by atoms with E-state index in [4.69, 9.17) is 0 Å². The molecule has 108 valence electrons. The third-order valence-electron chi connectivity index (χ3n) is 3.76. The van der Waals surface area contributed by atoms with E-state index in [2.05, 4.69) is 22.5 Å². The zero-order valence-corrected chi connectivity index (χ0v) is 12.2. The van der Waals surface area contributed by atoms with Crippen molar-refractivity contribution < 1.29 is 4.39 Å². The van der Waals surface area contributed by atoms with Gasteiger partial charge in [-0.15, -0.1) is 0 Å². The Hall–Kier alpha value is -2.20. The van der Waals surface area contributed by atoms with E-state index < -0.39 is 0 Å². The second-order valence-electron chi connectivity index (χ2n) is 5.25. The van der Waals surface area contributed by atoms with Crippen molar-refractivity contribution in [3.05, 3.63) is 65.6 Å². The van der Waals surface area contributed by atoms with Gasteiger partial charge in [0.2, 0.25) is 0 Å². The second-order valence-corrected chi connectivity index (χ2v) is 5.25. The van der Waals surface area contributed by atoms with E-state index in [0.717, 1.165) is 22.2 Å². The maximum Gasteiger partial charge on any atom is 0.123 e. The molecule has 0 aliphatic heterocycles. The zero-order chi connectivity index (χ0) is 14.8. The molecule has 1 heterocycles. The first-order chi connectivity index (χ1) is 10.1. The van der Waals surface area contributed by atoms with Crippen LogP contribution in [0.3, 0.4) is 0 Å². The molecule has 0 saturated heterocycles. The summed E-state index contributed by atoms with van der Waals surface area (Å²) in [4.78, 5) is 0. The quantitative estimate of drug-likeness (QED) is 0.793. The second kappa shape index (κ2) is 5.66. The molecule has 0 unspecified atom stereocenters. The van der Waals surface area contributed by atoms with Crippen molar-refractivity contribution in [1.29, 1.82) is 0 Å². The Morgan fingerprint density at radius 1 is 1.19 bits per heavy atom. The van der Waals surface area contributed by atoms with Crippen LogP contribution in [-0.4, -0.2) is 9.78 Å². The van der Waals surface area contributed by atoms with E-state index >= 15 is 0 Å². The highest BCUT2D eigenvalue weighted by molar-refractivity contribution is 5.81. The molecule has 3 rings (SSSR count). The van der Waals surface area contributed by atoms with Crippen LogP contribution in [0.4, 0.5) is 4.39 Å². The van der Waals surface area contributed by atoms with Gasteiger partial charge in [0.05, 0.1) is 11.2 Å². The molecule has 0 bridgehead atoms. The third-order valence-corrected chi connectivity index (χ3v) is 3.76. The summed E-state index contributed by atoms with van der Waals surface area (Å²) >= 11 is 0. The first kappa shape index (κ1) is 13.8. The van der Waals surface area contributed by atoms with Crippen molar-refractivity contribution in [3.8, 4) is 0 Å². The Bertz CT molecular complexity index is 764. The van der Waals surface area contributed by atoms with Crippen LogP contribution in [0, 0.1) is 5.82 Å². The van der Waals surface area contributed by atoms with Crippen molar-refractivity contribution >= 4 is 10.9 Å². The van der Waals surface area contributed by atoms with Gasteiger partial charge in [-0.2, -0.15) is 5.10 Å². The smallest absolute Gasteiger partial charge is 0.123 e. The maximum atomic E-state index is 13.3. The van der Waals surface area contributed by atoms with E-state index in [0.29, 0.717) is 6.54 Å². The highest BCUT2D eigenvalue weighted by Gasteiger charge is 2.10. The first-order valence-corrected chi connectivity index (χ1v) is 7.04. The predicted octanol–water partition coefficient (Wildman–Crippen LogP) is 3.56. The number of aryl methyl sites for hydroxylation is 1. The third kappa shape index (κ3) is 2.81. The van der Waals surface area contributed by atoms with Crippen LogP contribution in [0.5, 0.6) is 0 Å². The Balaban J connectivity index is 1.77. The van der Waals surface area contributed by atoms with Crippen LogP contribution < -0.4 is 5.32 Å². The van der Waals surface area contributed by atoms with Gasteiger partial charge in [0, 0.05) is 25.0 Å². The highest BCUT2D eigenvalue weighted by atomic mass is 19.1. The molecule has 1 atom stereocenters. The number of hydrogen-bond acceptors (Lipinski definition) is 2. The predicted molar refractivity (Wildman–Crippen MR) is 82.4 cm³/mol. The molecule has 1 aromatic heterocycles. The van der Waals surface area contributed by atoms with Crippen LogP contribution in [-0.2, 0) is 13.6 Å². The van der Waals surface area contributed by atoms with E-state index in [-0.39, 0.29) is 11.9 Å². The number of fused-ring (bicyclic) bond motifs is 1. The monoisotopic (exact) mass is 283 g/mol. The summed E-state index contributed by atoms with van der Waals surface area (Å²) in [6.07, 6.45) is 0. The zero-order valence-electron chi connectivity index (χ0n) is 12.2. The van der Waals surface area contributed by atoms with Gasteiger partial charge in [0.15, 0.2) is 0 Å². The van der Waals surface area contributed by atoms with Crippen molar-refractivity contribution in [2.45, 2.75) is 19.5 Å². The SMILES string of the molecule is C[C@@H](NCc1nn(C)c2ccccc12)c1cccc(F)c1. The van der Waals surface area contributed by atoms with Gasteiger partial charge in [-0.05, 0) is 30.7 Å². The lowest BCUT2D eigenvalue weighted by Gasteiger charge is -2.13. The minimum Gasteiger partial charge on any atom is -0.304 e. The molecule has 4 heteroatoms. The van der Waals surface area contributed by atoms with Gasteiger partial charge in [0.25, 0.3) is 0 Å². The fourth-order valence-electron chi connectivity index (χ4n) is 2.56. The lowest BCUT2D eigenvalue weighted by atomic mass is 10.1. The molecular formula is C17H18FN3. The number of benzene rings is 2. The van der Waals surface area contributed by atoms with Crippen molar-refractivity contribution in [2.75, 3.05) is 0 Å². The van der Waals surface area contributed by atoms with Gasteiger partial charge in [-0.3, -0.25) is 4.68 Å².